The van der Waals surface area contributed by atoms with Gasteiger partial charge in [-0.15, -0.1) is 11.3 Å². The molecule has 0 bridgehead atoms. The predicted octanol–water partition coefficient (Wildman–Crippen LogP) is 4.28. The first-order valence-electron chi connectivity index (χ1n) is 9.87. The second-order valence-electron chi connectivity index (χ2n) is 6.75. The molecule has 3 aromatic rings. The van der Waals surface area contributed by atoms with E-state index in [2.05, 4.69) is 10.3 Å². The largest absolute Gasteiger partial charge is 0.494 e. The van der Waals surface area contributed by atoms with E-state index in [1.807, 2.05) is 31.2 Å². The maximum atomic E-state index is 13.1. The summed E-state index contributed by atoms with van der Waals surface area (Å²) >= 11 is 1.16. The zero-order valence-electron chi connectivity index (χ0n) is 17.1. The van der Waals surface area contributed by atoms with Crippen molar-refractivity contribution in [3.05, 3.63) is 83.5 Å². The zero-order valence-corrected chi connectivity index (χ0v) is 18.7. The lowest BCUT2D eigenvalue weighted by atomic mass is 10.2. The minimum Gasteiger partial charge on any atom is -0.494 e. The molecule has 0 aliphatic heterocycles. The molecular weight excluding hydrogens is 432 g/mol. The Morgan fingerprint density at radius 2 is 2.00 bits per heavy atom. The maximum Gasteiger partial charge on any atom is 0.244 e. The van der Waals surface area contributed by atoms with Crippen LogP contribution in [0.2, 0.25) is 0 Å². The summed E-state index contributed by atoms with van der Waals surface area (Å²) in [4.78, 5) is 16.4. The van der Waals surface area contributed by atoms with Crippen molar-refractivity contribution in [1.82, 2.24) is 10.3 Å². The monoisotopic (exact) mass is 456 g/mol. The third-order valence-electron chi connectivity index (χ3n) is 4.45. The molecule has 0 radical (unpaired) electrons. The minimum absolute atomic E-state index is 0.0567. The van der Waals surface area contributed by atoms with Crippen LogP contribution in [0.15, 0.2) is 76.6 Å². The average Bonchev–Trinajstić information content (AvgIpc) is 3.34. The molecule has 6 nitrogen and oxygen atoms in total. The summed E-state index contributed by atoms with van der Waals surface area (Å²) in [7, 11) is -3.66. The van der Waals surface area contributed by atoms with Crippen LogP contribution in [-0.4, -0.2) is 32.5 Å². The van der Waals surface area contributed by atoms with Crippen LogP contribution in [0, 0.1) is 0 Å². The first-order valence-corrected chi connectivity index (χ1v) is 12.3. The van der Waals surface area contributed by atoms with Gasteiger partial charge in [0.15, 0.2) is 9.84 Å². The second-order valence-corrected chi connectivity index (χ2v) is 10.1. The smallest absolute Gasteiger partial charge is 0.244 e. The van der Waals surface area contributed by atoms with Crippen LogP contribution in [-0.2, 0) is 14.6 Å². The van der Waals surface area contributed by atoms with Crippen molar-refractivity contribution in [2.24, 2.45) is 0 Å². The van der Waals surface area contributed by atoms with E-state index in [-0.39, 0.29) is 16.7 Å². The fraction of sp³-hybridized carbons (Fsp3) is 0.217. The Labute approximate surface area is 186 Å². The number of hydrogen-bond acceptors (Lipinski definition) is 6. The van der Waals surface area contributed by atoms with E-state index in [1.165, 1.54) is 12.3 Å². The van der Waals surface area contributed by atoms with Crippen LogP contribution in [0.4, 0.5) is 0 Å². The fourth-order valence-corrected chi connectivity index (χ4v) is 5.71. The third kappa shape index (κ3) is 6.26. The topological polar surface area (TPSA) is 85.4 Å². The Bertz CT molecular complexity index is 1090. The molecule has 3 rings (SSSR count). The average molecular weight is 457 g/mol. The first-order chi connectivity index (χ1) is 15.0. The number of hydrogen-bond donors (Lipinski definition) is 1. The predicted molar refractivity (Wildman–Crippen MR) is 123 cm³/mol. The summed E-state index contributed by atoms with van der Waals surface area (Å²) in [6.07, 6.45) is 7.09. The summed E-state index contributed by atoms with van der Waals surface area (Å²) in [5.41, 5.74) is 1.37. The Morgan fingerprint density at radius 1 is 1.19 bits per heavy atom. The van der Waals surface area contributed by atoms with Gasteiger partial charge in [-0.2, -0.15) is 0 Å². The number of ether oxygens (including phenoxy) is 1. The molecule has 0 fully saturated rings. The highest BCUT2D eigenvalue weighted by Crippen LogP contribution is 2.30. The Morgan fingerprint density at radius 3 is 2.65 bits per heavy atom. The van der Waals surface area contributed by atoms with Crippen molar-refractivity contribution in [3.63, 3.8) is 0 Å². The van der Waals surface area contributed by atoms with Crippen LogP contribution in [0.25, 0.3) is 6.08 Å². The number of nitrogens with zero attached hydrogens (tertiary/aromatic N) is 1. The van der Waals surface area contributed by atoms with Gasteiger partial charge in [-0.05, 0) is 53.3 Å². The number of aromatic nitrogens is 1. The van der Waals surface area contributed by atoms with E-state index in [0.29, 0.717) is 12.2 Å². The van der Waals surface area contributed by atoms with Gasteiger partial charge in [0.1, 0.15) is 15.2 Å². The third-order valence-corrected chi connectivity index (χ3v) is 7.98. The van der Waals surface area contributed by atoms with E-state index in [4.69, 9.17) is 4.74 Å². The van der Waals surface area contributed by atoms with Gasteiger partial charge in [0.05, 0.1) is 6.61 Å². The van der Waals surface area contributed by atoms with Gasteiger partial charge in [0.2, 0.25) is 5.91 Å². The van der Waals surface area contributed by atoms with E-state index >= 15 is 0 Å². The molecule has 0 saturated carbocycles. The standard InChI is InChI=1S/C23H24N2O4S2/c1-2-14-29-20-10-7-18(8-11-20)9-12-22(26)25-17-21(19-5-3-13-24-16-19)31(27,28)23-6-4-15-30-23/h3-13,15-16,21H,2,14,17H2,1H3,(H,25,26)/b12-9+. The molecule has 1 atom stereocenters. The lowest BCUT2D eigenvalue weighted by Gasteiger charge is -2.17. The number of nitrogens with one attached hydrogen (secondary N) is 1. The number of amides is 1. The highest BCUT2D eigenvalue weighted by atomic mass is 32.2. The maximum absolute atomic E-state index is 13.1. The van der Waals surface area contributed by atoms with Crippen LogP contribution in [0.5, 0.6) is 5.75 Å². The van der Waals surface area contributed by atoms with Crippen molar-refractivity contribution in [2.45, 2.75) is 22.8 Å². The van der Waals surface area contributed by atoms with Crippen molar-refractivity contribution in [3.8, 4) is 5.75 Å². The number of carbonyl (C=O) groups excluding carboxylic acids is 1. The van der Waals surface area contributed by atoms with Gasteiger partial charge in [-0.25, -0.2) is 8.42 Å². The van der Waals surface area contributed by atoms with E-state index in [0.717, 1.165) is 29.1 Å². The minimum atomic E-state index is -3.66. The molecule has 1 amide bonds. The summed E-state index contributed by atoms with van der Waals surface area (Å²) in [5.74, 6) is 0.406. The highest BCUT2D eigenvalue weighted by Gasteiger charge is 2.30. The van der Waals surface area contributed by atoms with E-state index < -0.39 is 15.1 Å². The van der Waals surface area contributed by atoms with Crippen LogP contribution in [0.1, 0.15) is 29.7 Å². The van der Waals surface area contributed by atoms with Crippen LogP contribution >= 0.6 is 11.3 Å². The Kier molecular flexibility index (Phi) is 7.97. The molecule has 1 N–H and O–H groups in total. The van der Waals surface area contributed by atoms with Crippen molar-refractivity contribution in [2.75, 3.05) is 13.2 Å². The summed E-state index contributed by atoms with van der Waals surface area (Å²) in [6.45, 7) is 2.64. The van der Waals surface area contributed by atoms with Crippen molar-refractivity contribution >= 4 is 33.2 Å². The lowest BCUT2D eigenvalue weighted by molar-refractivity contribution is -0.116. The molecule has 0 aliphatic rings. The van der Waals surface area contributed by atoms with E-state index in [9.17, 15) is 13.2 Å². The number of thiophene rings is 1. The zero-order chi connectivity index (χ0) is 22.1. The van der Waals surface area contributed by atoms with Crippen LogP contribution in [0.3, 0.4) is 0 Å². The summed E-state index contributed by atoms with van der Waals surface area (Å²) in [5, 5.41) is 3.50. The molecule has 2 heterocycles. The van der Waals surface area contributed by atoms with Crippen molar-refractivity contribution in [1.29, 1.82) is 0 Å². The Hall–Kier alpha value is -2.97. The second kappa shape index (κ2) is 10.9. The molecule has 2 aromatic heterocycles. The van der Waals surface area contributed by atoms with E-state index in [1.54, 1.807) is 41.9 Å². The molecule has 31 heavy (non-hydrogen) atoms. The first kappa shape index (κ1) is 22.7. The number of sulfone groups is 1. The number of carbonyl (C=O) groups is 1. The van der Waals surface area contributed by atoms with Gasteiger partial charge in [0.25, 0.3) is 0 Å². The lowest BCUT2D eigenvalue weighted by Crippen LogP contribution is -2.30. The van der Waals surface area contributed by atoms with Gasteiger partial charge in [-0.1, -0.05) is 31.2 Å². The quantitative estimate of drug-likeness (QED) is 0.460. The molecule has 1 unspecified atom stereocenters. The van der Waals surface area contributed by atoms with Gasteiger partial charge < -0.3 is 10.1 Å². The molecule has 8 heteroatoms. The van der Waals surface area contributed by atoms with Crippen LogP contribution < -0.4 is 10.1 Å². The van der Waals surface area contributed by atoms with Gasteiger partial charge in [-0.3, -0.25) is 9.78 Å². The molecule has 0 spiro atoms. The highest BCUT2D eigenvalue weighted by molar-refractivity contribution is 7.93. The Balaban J connectivity index is 1.67. The molecule has 162 valence electrons. The molecule has 0 aliphatic carbocycles. The molecular formula is C23H24N2O4S2. The van der Waals surface area contributed by atoms with Gasteiger partial charge in [0, 0.05) is 25.0 Å². The normalized spacial score (nSPS) is 12.5. The number of pyridine rings is 1. The number of rotatable bonds is 10. The number of benzene rings is 1. The summed E-state index contributed by atoms with van der Waals surface area (Å²) < 4.78 is 32.0. The van der Waals surface area contributed by atoms with Gasteiger partial charge >= 0.3 is 0 Å². The molecule has 0 saturated heterocycles. The summed E-state index contributed by atoms with van der Waals surface area (Å²) in [6, 6.07) is 14.0. The molecule has 1 aromatic carbocycles. The van der Waals surface area contributed by atoms with Crippen molar-refractivity contribution < 1.29 is 17.9 Å². The SMILES string of the molecule is CCCOc1ccc(/C=C/C(=O)NCC(c2cccnc2)S(=O)(=O)c2cccs2)cc1. The fourth-order valence-electron chi connectivity index (χ4n) is 2.86.